The van der Waals surface area contributed by atoms with E-state index in [1.54, 1.807) is 38.5 Å². The van der Waals surface area contributed by atoms with Crippen molar-refractivity contribution >= 4 is 46.2 Å². The third-order valence-corrected chi connectivity index (χ3v) is 4.56. The number of carbonyl (C=O) groups is 1. The highest BCUT2D eigenvalue weighted by atomic mass is 35.5. The highest BCUT2D eigenvalue weighted by Gasteiger charge is 2.24. The molecule has 25 heavy (non-hydrogen) atoms. The van der Waals surface area contributed by atoms with Crippen LogP contribution in [0.25, 0.3) is 6.08 Å². The Bertz CT molecular complexity index is 880. The molecule has 1 N–H and O–H groups in total. The van der Waals surface area contributed by atoms with Crippen molar-refractivity contribution in [3.8, 4) is 11.5 Å². The van der Waals surface area contributed by atoms with Crippen LogP contribution >= 0.6 is 23.4 Å². The van der Waals surface area contributed by atoms with Crippen LogP contribution in [0.4, 0.5) is 5.69 Å². The number of nitrogens with one attached hydrogen (secondary N) is 1. The number of methoxy groups -OCH3 is 2. The monoisotopic (exact) mass is 374 g/mol. The Morgan fingerprint density at radius 2 is 2.00 bits per heavy atom. The average molecular weight is 375 g/mol. The van der Waals surface area contributed by atoms with E-state index in [4.69, 9.17) is 21.1 Å². The lowest BCUT2D eigenvalue weighted by atomic mass is 10.1. The van der Waals surface area contributed by atoms with E-state index in [-0.39, 0.29) is 5.91 Å². The summed E-state index contributed by atoms with van der Waals surface area (Å²) in [5.74, 6) is 1.11. The molecule has 5 nitrogen and oxygen atoms in total. The highest BCUT2D eigenvalue weighted by Crippen LogP contribution is 2.32. The summed E-state index contributed by atoms with van der Waals surface area (Å²) < 4.78 is 10.5. The molecule has 0 aromatic heterocycles. The number of aliphatic imine (C=N–C) groups is 1. The van der Waals surface area contributed by atoms with Crippen LogP contribution in [0.3, 0.4) is 0 Å². The molecule has 1 saturated heterocycles. The van der Waals surface area contributed by atoms with Gasteiger partial charge in [-0.05, 0) is 48.2 Å². The minimum Gasteiger partial charge on any atom is -0.497 e. The first kappa shape index (κ1) is 17.4. The highest BCUT2D eigenvalue weighted by molar-refractivity contribution is 8.18. The molecule has 2 aromatic rings. The third-order valence-electron chi connectivity index (χ3n) is 3.42. The van der Waals surface area contributed by atoms with Crippen molar-refractivity contribution in [1.82, 2.24) is 5.32 Å². The fourth-order valence-electron chi connectivity index (χ4n) is 2.22. The van der Waals surface area contributed by atoms with Gasteiger partial charge in [0, 0.05) is 16.7 Å². The van der Waals surface area contributed by atoms with Crippen molar-refractivity contribution in [3.05, 3.63) is 58.0 Å². The molecule has 0 bridgehead atoms. The molecule has 2 aromatic carbocycles. The minimum atomic E-state index is -0.205. The Hall–Kier alpha value is -2.44. The molecule has 0 unspecified atom stereocenters. The van der Waals surface area contributed by atoms with Crippen molar-refractivity contribution in [2.45, 2.75) is 0 Å². The van der Waals surface area contributed by atoms with Gasteiger partial charge in [0.05, 0.1) is 24.8 Å². The molecule has 1 aliphatic rings. The summed E-state index contributed by atoms with van der Waals surface area (Å²) in [4.78, 5) is 17.1. The van der Waals surface area contributed by atoms with E-state index < -0.39 is 0 Å². The number of thioether (sulfide) groups is 1. The van der Waals surface area contributed by atoms with Crippen molar-refractivity contribution in [2.75, 3.05) is 14.2 Å². The van der Waals surface area contributed by atoms with E-state index in [0.717, 1.165) is 5.56 Å². The molecule has 7 heteroatoms. The number of hydrogen-bond acceptors (Lipinski definition) is 5. The summed E-state index contributed by atoms with van der Waals surface area (Å²) in [7, 11) is 3.16. The number of amides is 1. The van der Waals surface area contributed by atoms with Crippen LogP contribution in [0, 0.1) is 0 Å². The molecule has 1 heterocycles. The Morgan fingerprint density at radius 3 is 2.72 bits per heavy atom. The minimum absolute atomic E-state index is 0.205. The molecule has 1 fully saturated rings. The topological polar surface area (TPSA) is 59.9 Å². The number of ether oxygens (including phenoxy) is 2. The van der Waals surface area contributed by atoms with Crippen molar-refractivity contribution < 1.29 is 14.3 Å². The summed E-state index contributed by atoms with van der Waals surface area (Å²) in [5, 5.41) is 3.85. The Morgan fingerprint density at radius 1 is 1.16 bits per heavy atom. The third kappa shape index (κ3) is 4.15. The maximum Gasteiger partial charge on any atom is 0.264 e. The molecule has 0 spiro atoms. The number of halogens is 1. The lowest BCUT2D eigenvalue weighted by Gasteiger charge is -2.07. The lowest BCUT2D eigenvalue weighted by molar-refractivity contribution is -0.115. The number of benzene rings is 2. The maximum atomic E-state index is 12.2. The number of amidine groups is 1. The van der Waals surface area contributed by atoms with Gasteiger partial charge >= 0.3 is 0 Å². The predicted octanol–water partition coefficient (Wildman–Crippen LogP) is 4.25. The zero-order chi connectivity index (χ0) is 17.8. The molecule has 0 radical (unpaired) electrons. The standard InChI is InChI=1S/C18H15ClN2O3S/c1-23-14-7-6-11(15(10-14)24-2)8-16-17(22)21-18(25-16)20-13-5-3-4-12(19)9-13/h3-10H,1-2H3,(H,20,21,22). The number of hydrogen-bond donors (Lipinski definition) is 1. The van der Waals surface area contributed by atoms with Gasteiger partial charge in [0.15, 0.2) is 5.17 Å². The summed E-state index contributed by atoms with van der Waals surface area (Å²) in [6.45, 7) is 0. The van der Waals surface area contributed by atoms with Gasteiger partial charge in [0.25, 0.3) is 5.91 Å². The van der Waals surface area contributed by atoms with Gasteiger partial charge < -0.3 is 14.8 Å². The Kier molecular flexibility index (Phi) is 5.31. The molecule has 1 aliphatic heterocycles. The molecular weight excluding hydrogens is 360 g/mol. The summed E-state index contributed by atoms with van der Waals surface area (Å²) in [5.41, 5.74) is 1.46. The first-order valence-electron chi connectivity index (χ1n) is 7.36. The zero-order valence-electron chi connectivity index (χ0n) is 13.6. The van der Waals surface area contributed by atoms with Crippen molar-refractivity contribution in [1.29, 1.82) is 0 Å². The molecule has 128 valence electrons. The summed E-state index contributed by atoms with van der Waals surface area (Å²) in [6, 6.07) is 12.5. The van der Waals surface area contributed by atoms with Gasteiger partial charge in [0.1, 0.15) is 11.5 Å². The van der Waals surface area contributed by atoms with E-state index in [1.165, 1.54) is 11.8 Å². The van der Waals surface area contributed by atoms with Gasteiger partial charge in [-0.1, -0.05) is 17.7 Å². The summed E-state index contributed by atoms with van der Waals surface area (Å²) in [6.07, 6.45) is 1.76. The zero-order valence-corrected chi connectivity index (χ0v) is 15.1. The van der Waals surface area contributed by atoms with E-state index in [0.29, 0.717) is 32.3 Å². The lowest BCUT2D eigenvalue weighted by Crippen LogP contribution is -2.19. The normalized spacial score (nSPS) is 17.0. The Labute approximate surface area is 154 Å². The van der Waals surface area contributed by atoms with E-state index in [9.17, 15) is 4.79 Å². The maximum absolute atomic E-state index is 12.2. The quantitative estimate of drug-likeness (QED) is 0.813. The van der Waals surface area contributed by atoms with Crippen LogP contribution in [-0.4, -0.2) is 25.3 Å². The summed E-state index contributed by atoms with van der Waals surface area (Å²) >= 11 is 7.22. The van der Waals surface area contributed by atoms with E-state index in [1.807, 2.05) is 24.3 Å². The second-order valence-electron chi connectivity index (χ2n) is 5.07. The molecule has 3 rings (SSSR count). The molecule has 0 atom stereocenters. The first-order valence-corrected chi connectivity index (χ1v) is 8.55. The molecule has 1 amide bonds. The van der Waals surface area contributed by atoms with E-state index >= 15 is 0 Å². The fraction of sp³-hybridized carbons (Fsp3) is 0.111. The Balaban J connectivity index is 1.87. The second-order valence-corrected chi connectivity index (χ2v) is 6.54. The van der Waals surface area contributed by atoms with Crippen LogP contribution in [-0.2, 0) is 4.79 Å². The molecule has 0 saturated carbocycles. The van der Waals surface area contributed by atoms with Gasteiger partial charge in [-0.3, -0.25) is 4.79 Å². The fourth-order valence-corrected chi connectivity index (χ4v) is 3.24. The average Bonchev–Trinajstić information content (AvgIpc) is 2.94. The van der Waals surface area contributed by atoms with Crippen LogP contribution in [0.1, 0.15) is 5.56 Å². The van der Waals surface area contributed by atoms with Gasteiger partial charge in [-0.15, -0.1) is 0 Å². The number of rotatable bonds is 4. The SMILES string of the molecule is COc1ccc(C=C2SC(=Nc3cccc(Cl)c3)NC2=O)c(OC)c1. The smallest absolute Gasteiger partial charge is 0.264 e. The first-order chi connectivity index (χ1) is 12.1. The number of nitrogens with zero attached hydrogens (tertiary/aromatic N) is 1. The van der Waals surface area contributed by atoms with Crippen molar-refractivity contribution in [2.24, 2.45) is 4.99 Å². The van der Waals surface area contributed by atoms with Gasteiger partial charge in [0.2, 0.25) is 0 Å². The van der Waals surface area contributed by atoms with Crippen LogP contribution in [0.2, 0.25) is 5.02 Å². The van der Waals surface area contributed by atoms with Gasteiger partial charge in [-0.2, -0.15) is 0 Å². The molecule has 0 aliphatic carbocycles. The second kappa shape index (κ2) is 7.63. The van der Waals surface area contributed by atoms with Crippen LogP contribution < -0.4 is 14.8 Å². The predicted molar refractivity (Wildman–Crippen MR) is 102 cm³/mol. The van der Waals surface area contributed by atoms with Crippen molar-refractivity contribution in [3.63, 3.8) is 0 Å². The van der Waals surface area contributed by atoms with Crippen LogP contribution in [0.5, 0.6) is 11.5 Å². The molecular formula is C18H15ClN2O3S. The van der Waals surface area contributed by atoms with E-state index in [2.05, 4.69) is 10.3 Å². The van der Waals surface area contributed by atoms with Crippen LogP contribution in [0.15, 0.2) is 52.4 Å². The largest absolute Gasteiger partial charge is 0.497 e. The van der Waals surface area contributed by atoms with Gasteiger partial charge in [-0.25, -0.2) is 4.99 Å². The number of carbonyl (C=O) groups excluding carboxylic acids is 1.